The van der Waals surface area contributed by atoms with E-state index in [1.165, 1.54) is 18.1 Å². The van der Waals surface area contributed by atoms with Crippen LogP contribution in [0.4, 0.5) is 0 Å². The third kappa shape index (κ3) is 3.95. The zero-order valence-corrected chi connectivity index (χ0v) is 16.3. The van der Waals surface area contributed by atoms with Crippen LogP contribution in [0.25, 0.3) is 5.76 Å². The predicted molar refractivity (Wildman–Crippen MR) is 107 cm³/mol. The van der Waals surface area contributed by atoms with Crippen molar-refractivity contribution < 1.29 is 29.3 Å². The molecule has 0 spiro atoms. The summed E-state index contributed by atoms with van der Waals surface area (Å²) in [6.45, 7) is 2.52. The number of ketones is 1. The van der Waals surface area contributed by atoms with Crippen LogP contribution in [0.5, 0.6) is 11.5 Å². The predicted octanol–water partition coefficient (Wildman–Crippen LogP) is 2.86. The molecule has 0 saturated carbocycles. The number of nitrogens with zero attached hydrogens (tertiary/aromatic N) is 1. The Morgan fingerprint density at radius 2 is 1.86 bits per heavy atom. The van der Waals surface area contributed by atoms with Crippen LogP contribution in [0.15, 0.2) is 54.1 Å². The molecule has 3 rings (SSSR count). The van der Waals surface area contributed by atoms with Gasteiger partial charge in [-0.3, -0.25) is 9.59 Å². The van der Waals surface area contributed by atoms with Gasteiger partial charge in [-0.1, -0.05) is 36.4 Å². The molecule has 1 atom stereocenters. The van der Waals surface area contributed by atoms with Crippen LogP contribution in [-0.2, 0) is 14.3 Å². The van der Waals surface area contributed by atoms with Gasteiger partial charge in [0.1, 0.15) is 5.76 Å². The number of rotatable bonds is 7. The molecule has 2 aromatic carbocycles. The number of phenolic OH excluding ortho intramolecular Hbond substituents is 1. The maximum atomic E-state index is 12.8. The zero-order valence-electron chi connectivity index (χ0n) is 16.3. The van der Waals surface area contributed by atoms with Crippen molar-refractivity contribution in [3.05, 3.63) is 65.2 Å². The molecule has 7 heteroatoms. The van der Waals surface area contributed by atoms with Gasteiger partial charge in [-0.25, -0.2) is 0 Å². The zero-order chi connectivity index (χ0) is 21.0. The Kier molecular flexibility index (Phi) is 6.19. The second-order valence-electron chi connectivity index (χ2n) is 6.51. The van der Waals surface area contributed by atoms with E-state index in [1.807, 2.05) is 0 Å². The quantitative estimate of drug-likeness (QED) is 0.424. The van der Waals surface area contributed by atoms with Crippen LogP contribution in [0, 0.1) is 0 Å². The van der Waals surface area contributed by atoms with Crippen LogP contribution < -0.4 is 4.74 Å². The number of ether oxygens (including phenoxy) is 2. The molecule has 1 unspecified atom stereocenters. The summed E-state index contributed by atoms with van der Waals surface area (Å²) in [6.07, 6.45) is 0. The highest BCUT2D eigenvalue weighted by Gasteiger charge is 2.46. The van der Waals surface area contributed by atoms with Gasteiger partial charge in [0.25, 0.3) is 11.7 Å². The minimum atomic E-state index is -0.829. The van der Waals surface area contributed by atoms with Gasteiger partial charge in [-0.05, 0) is 24.6 Å². The van der Waals surface area contributed by atoms with Crippen molar-refractivity contribution in [3.63, 3.8) is 0 Å². The first-order valence-electron chi connectivity index (χ1n) is 9.28. The van der Waals surface area contributed by atoms with E-state index >= 15 is 0 Å². The highest BCUT2D eigenvalue weighted by atomic mass is 16.5. The molecule has 2 N–H and O–H groups in total. The number of carbonyl (C=O) groups excluding carboxylic acids is 2. The number of carbonyl (C=O) groups is 2. The number of phenols is 1. The Morgan fingerprint density at radius 3 is 2.52 bits per heavy atom. The summed E-state index contributed by atoms with van der Waals surface area (Å²) in [7, 11) is 1.50. The maximum absolute atomic E-state index is 12.8. The van der Waals surface area contributed by atoms with Crippen molar-refractivity contribution in [2.45, 2.75) is 13.0 Å². The standard InChI is InChI=1S/C22H23NO6/c1-3-29-17-13-15(9-10-16(17)24)19-18(20(25)14-7-5-4-6-8-14)21(26)22(27)23(19)11-12-28-2/h4-10,13,19,24-25H,3,11-12H2,1-2H3/b20-18+. The van der Waals surface area contributed by atoms with E-state index in [2.05, 4.69) is 0 Å². The van der Waals surface area contributed by atoms with Gasteiger partial charge in [0.05, 0.1) is 24.8 Å². The van der Waals surface area contributed by atoms with Crippen LogP contribution >= 0.6 is 0 Å². The van der Waals surface area contributed by atoms with E-state index in [4.69, 9.17) is 9.47 Å². The van der Waals surface area contributed by atoms with E-state index in [-0.39, 0.29) is 36.0 Å². The minimum Gasteiger partial charge on any atom is -0.507 e. The lowest BCUT2D eigenvalue weighted by atomic mass is 9.95. The second kappa shape index (κ2) is 8.79. The molecule has 0 radical (unpaired) electrons. The smallest absolute Gasteiger partial charge is 0.295 e. The summed E-state index contributed by atoms with van der Waals surface area (Å²) in [4.78, 5) is 26.9. The Labute approximate surface area is 168 Å². The number of aromatic hydroxyl groups is 1. The van der Waals surface area contributed by atoms with E-state index in [0.717, 1.165) is 0 Å². The van der Waals surface area contributed by atoms with E-state index < -0.39 is 17.7 Å². The largest absolute Gasteiger partial charge is 0.507 e. The van der Waals surface area contributed by atoms with Gasteiger partial charge in [0, 0.05) is 19.2 Å². The number of benzene rings is 2. The Bertz CT molecular complexity index is 938. The van der Waals surface area contributed by atoms with Crippen molar-refractivity contribution in [1.29, 1.82) is 0 Å². The summed E-state index contributed by atoms with van der Waals surface area (Å²) in [6, 6.07) is 12.4. The van der Waals surface area contributed by atoms with Crippen molar-refractivity contribution in [2.24, 2.45) is 0 Å². The molecule has 1 fully saturated rings. The SMILES string of the molecule is CCOc1cc(C2/C(=C(\O)c3ccccc3)C(=O)C(=O)N2CCOC)ccc1O. The fraction of sp³-hybridized carbons (Fsp3) is 0.273. The minimum absolute atomic E-state index is 0.00885. The Balaban J connectivity index is 2.17. The van der Waals surface area contributed by atoms with E-state index in [0.29, 0.717) is 17.7 Å². The number of aliphatic hydroxyl groups excluding tert-OH is 1. The number of likely N-dealkylation sites (tertiary alicyclic amines) is 1. The molecule has 0 aromatic heterocycles. The fourth-order valence-electron chi connectivity index (χ4n) is 3.37. The van der Waals surface area contributed by atoms with Gasteiger partial charge in [-0.15, -0.1) is 0 Å². The first-order valence-corrected chi connectivity index (χ1v) is 9.28. The van der Waals surface area contributed by atoms with Crippen LogP contribution in [0.3, 0.4) is 0 Å². The number of hydrogen-bond acceptors (Lipinski definition) is 6. The molecule has 0 aliphatic carbocycles. The number of methoxy groups -OCH3 is 1. The Morgan fingerprint density at radius 1 is 1.14 bits per heavy atom. The van der Waals surface area contributed by atoms with Crippen molar-refractivity contribution in [3.8, 4) is 11.5 Å². The van der Waals surface area contributed by atoms with Crippen molar-refractivity contribution in [1.82, 2.24) is 4.90 Å². The lowest BCUT2D eigenvalue weighted by molar-refractivity contribution is -0.140. The molecule has 0 bridgehead atoms. The monoisotopic (exact) mass is 397 g/mol. The third-order valence-electron chi connectivity index (χ3n) is 4.72. The number of amides is 1. The summed E-state index contributed by atoms with van der Waals surface area (Å²) in [5.74, 6) is -1.54. The lowest BCUT2D eigenvalue weighted by Gasteiger charge is -2.25. The summed E-state index contributed by atoms with van der Waals surface area (Å²) in [5, 5.41) is 20.9. The van der Waals surface area contributed by atoms with Crippen molar-refractivity contribution >= 4 is 17.4 Å². The molecule has 152 valence electrons. The molecule has 2 aromatic rings. The van der Waals surface area contributed by atoms with Crippen molar-refractivity contribution in [2.75, 3.05) is 26.9 Å². The lowest BCUT2D eigenvalue weighted by Crippen LogP contribution is -2.32. The van der Waals surface area contributed by atoms with Gasteiger partial charge >= 0.3 is 0 Å². The summed E-state index contributed by atoms with van der Waals surface area (Å²) >= 11 is 0. The summed E-state index contributed by atoms with van der Waals surface area (Å²) < 4.78 is 10.5. The molecular weight excluding hydrogens is 374 g/mol. The molecule has 29 heavy (non-hydrogen) atoms. The molecular formula is C22H23NO6. The van der Waals surface area contributed by atoms with Crippen LogP contribution in [0.2, 0.25) is 0 Å². The highest BCUT2D eigenvalue weighted by Crippen LogP contribution is 2.41. The normalized spacial score (nSPS) is 18.3. The molecule has 7 nitrogen and oxygen atoms in total. The average Bonchev–Trinajstić information content (AvgIpc) is 2.98. The maximum Gasteiger partial charge on any atom is 0.295 e. The molecule has 1 amide bonds. The van der Waals surface area contributed by atoms with Gasteiger partial charge < -0.3 is 24.6 Å². The first kappa shape index (κ1) is 20.4. The van der Waals surface area contributed by atoms with E-state index in [9.17, 15) is 19.8 Å². The number of hydrogen-bond donors (Lipinski definition) is 2. The molecule has 1 saturated heterocycles. The number of Topliss-reactive ketones (excluding diaryl/α,β-unsaturated/α-hetero) is 1. The highest BCUT2D eigenvalue weighted by molar-refractivity contribution is 6.46. The van der Waals surface area contributed by atoms with Gasteiger partial charge in [-0.2, -0.15) is 0 Å². The second-order valence-corrected chi connectivity index (χ2v) is 6.51. The summed E-state index contributed by atoms with van der Waals surface area (Å²) in [5.41, 5.74) is 0.968. The van der Waals surface area contributed by atoms with Gasteiger partial charge in [0.2, 0.25) is 0 Å². The Hall–Kier alpha value is -3.32. The third-order valence-corrected chi connectivity index (χ3v) is 4.72. The van der Waals surface area contributed by atoms with Crippen LogP contribution in [0.1, 0.15) is 24.1 Å². The molecule has 1 heterocycles. The first-order chi connectivity index (χ1) is 14.0. The average molecular weight is 397 g/mol. The number of aliphatic hydroxyl groups is 1. The topological polar surface area (TPSA) is 96.3 Å². The molecule has 1 aliphatic heterocycles. The van der Waals surface area contributed by atoms with E-state index in [1.54, 1.807) is 49.4 Å². The van der Waals surface area contributed by atoms with Crippen LogP contribution in [-0.4, -0.2) is 53.7 Å². The molecule has 1 aliphatic rings. The van der Waals surface area contributed by atoms with Gasteiger partial charge in [0.15, 0.2) is 11.5 Å². The fourth-order valence-corrected chi connectivity index (χ4v) is 3.37.